The molecule has 0 spiro atoms. The molecule has 0 atom stereocenters. The first-order chi connectivity index (χ1) is 5.15. The number of anilines is 2. The molecule has 1 rings (SSSR count). The summed E-state index contributed by atoms with van der Waals surface area (Å²) in [5, 5.41) is 7.12. The molecule has 0 amide bonds. The van der Waals surface area contributed by atoms with Crippen molar-refractivity contribution in [2.24, 2.45) is 0 Å². The second-order valence-corrected chi connectivity index (χ2v) is 2.76. The highest BCUT2D eigenvalue weighted by Gasteiger charge is 2.04. The predicted molar refractivity (Wildman–Crippen MR) is 46.6 cm³/mol. The summed E-state index contributed by atoms with van der Waals surface area (Å²) in [6.07, 6.45) is 1.83. The molecule has 11 heavy (non-hydrogen) atoms. The molecule has 0 aliphatic rings. The molecule has 0 aliphatic carbocycles. The Morgan fingerprint density at radius 3 is 2.55 bits per heavy atom. The van der Waals surface area contributed by atoms with Gasteiger partial charge in [0.15, 0.2) is 5.82 Å². The maximum absolute atomic E-state index is 5.64. The van der Waals surface area contributed by atoms with Gasteiger partial charge in [0.1, 0.15) is 0 Å². The summed E-state index contributed by atoms with van der Waals surface area (Å²) < 4.78 is 1.83. The van der Waals surface area contributed by atoms with Crippen molar-refractivity contribution in [2.75, 3.05) is 18.1 Å². The van der Waals surface area contributed by atoms with Crippen molar-refractivity contribution in [2.45, 2.75) is 19.9 Å². The Balaban J connectivity index is 2.95. The van der Waals surface area contributed by atoms with E-state index in [9.17, 15) is 0 Å². The summed E-state index contributed by atoms with van der Waals surface area (Å²) in [7, 11) is 1.81. The van der Waals surface area contributed by atoms with Gasteiger partial charge in [-0.2, -0.15) is 5.10 Å². The second-order valence-electron chi connectivity index (χ2n) is 2.76. The third-order valence-electron chi connectivity index (χ3n) is 1.53. The third-order valence-corrected chi connectivity index (χ3v) is 1.53. The van der Waals surface area contributed by atoms with Crippen molar-refractivity contribution in [1.29, 1.82) is 0 Å². The van der Waals surface area contributed by atoms with Gasteiger partial charge in [-0.05, 0) is 13.8 Å². The monoisotopic (exact) mass is 154 g/mol. The SMILES string of the molecule is CNc1nn(C(C)C)cc1N. The maximum Gasteiger partial charge on any atom is 0.171 e. The lowest BCUT2D eigenvalue weighted by molar-refractivity contribution is 0.534. The Kier molecular flexibility index (Phi) is 2.03. The normalized spacial score (nSPS) is 10.5. The smallest absolute Gasteiger partial charge is 0.171 e. The minimum absolute atomic E-state index is 0.361. The summed E-state index contributed by atoms with van der Waals surface area (Å²) in [4.78, 5) is 0. The number of rotatable bonds is 2. The quantitative estimate of drug-likeness (QED) is 0.670. The molecule has 4 heteroatoms. The Morgan fingerprint density at radius 1 is 1.64 bits per heavy atom. The lowest BCUT2D eigenvalue weighted by atomic mass is 10.4. The zero-order valence-electron chi connectivity index (χ0n) is 7.13. The summed E-state index contributed by atoms with van der Waals surface area (Å²) >= 11 is 0. The maximum atomic E-state index is 5.64. The Bertz CT molecular complexity index is 239. The van der Waals surface area contributed by atoms with Crippen LogP contribution in [-0.4, -0.2) is 16.8 Å². The lowest BCUT2D eigenvalue weighted by Crippen LogP contribution is -2.01. The fourth-order valence-electron chi connectivity index (χ4n) is 0.865. The van der Waals surface area contributed by atoms with Gasteiger partial charge in [-0.15, -0.1) is 0 Å². The molecule has 4 nitrogen and oxygen atoms in total. The van der Waals surface area contributed by atoms with Crippen LogP contribution in [-0.2, 0) is 0 Å². The molecule has 0 fully saturated rings. The van der Waals surface area contributed by atoms with Gasteiger partial charge in [0.05, 0.1) is 11.9 Å². The topological polar surface area (TPSA) is 55.9 Å². The van der Waals surface area contributed by atoms with Crippen LogP contribution in [0.1, 0.15) is 19.9 Å². The van der Waals surface area contributed by atoms with Crippen LogP contribution >= 0.6 is 0 Å². The number of nitrogens with two attached hydrogens (primary N) is 1. The average Bonchev–Trinajstić information content (AvgIpc) is 2.31. The predicted octanol–water partition coefficient (Wildman–Crippen LogP) is 1.09. The number of nitrogens with zero attached hydrogens (tertiary/aromatic N) is 2. The van der Waals surface area contributed by atoms with E-state index in [1.54, 1.807) is 0 Å². The Morgan fingerprint density at radius 2 is 2.27 bits per heavy atom. The first kappa shape index (κ1) is 7.91. The van der Waals surface area contributed by atoms with Gasteiger partial charge in [-0.3, -0.25) is 4.68 Å². The van der Waals surface area contributed by atoms with Gasteiger partial charge < -0.3 is 11.1 Å². The molecule has 0 aromatic carbocycles. The van der Waals surface area contributed by atoms with Crippen LogP contribution in [0.5, 0.6) is 0 Å². The van der Waals surface area contributed by atoms with E-state index < -0.39 is 0 Å². The van der Waals surface area contributed by atoms with Gasteiger partial charge in [-0.25, -0.2) is 0 Å². The number of nitrogen functional groups attached to an aromatic ring is 1. The van der Waals surface area contributed by atoms with Crippen LogP contribution < -0.4 is 11.1 Å². The molecular weight excluding hydrogens is 140 g/mol. The second kappa shape index (κ2) is 2.82. The summed E-state index contributed by atoms with van der Waals surface area (Å²) in [5.41, 5.74) is 6.34. The molecule has 0 saturated carbocycles. The van der Waals surface area contributed by atoms with Crippen molar-refractivity contribution in [3.05, 3.63) is 6.20 Å². The van der Waals surface area contributed by atoms with Gasteiger partial charge in [0.25, 0.3) is 0 Å². The van der Waals surface area contributed by atoms with Crippen molar-refractivity contribution >= 4 is 11.5 Å². The molecule has 62 valence electrons. The minimum Gasteiger partial charge on any atom is -0.394 e. The van der Waals surface area contributed by atoms with Gasteiger partial charge in [0.2, 0.25) is 0 Å². The highest BCUT2D eigenvalue weighted by Crippen LogP contribution is 2.16. The van der Waals surface area contributed by atoms with Gasteiger partial charge >= 0.3 is 0 Å². The number of nitrogens with one attached hydrogen (secondary N) is 1. The van der Waals surface area contributed by atoms with E-state index in [-0.39, 0.29) is 0 Å². The van der Waals surface area contributed by atoms with Gasteiger partial charge in [-0.1, -0.05) is 0 Å². The van der Waals surface area contributed by atoms with E-state index in [1.165, 1.54) is 0 Å². The van der Waals surface area contributed by atoms with Crippen LogP contribution in [0, 0.1) is 0 Å². The molecular formula is C7H14N4. The summed E-state index contributed by atoms with van der Waals surface area (Å²) in [6, 6.07) is 0.361. The van der Waals surface area contributed by atoms with E-state index in [4.69, 9.17) is 5.73 Å². The third kappa shape index (κ3) is 1.45. The van der Waals surface area contributed by atoms with Crippen molar-refractivity contribution in [1.82, 2.24) is 9.78 Å². The van der Waals surface area contributed by atoms with Crippen molar-refractivity contribution < 1.29 is 0 Å². The minimum atomic E-state index is 0.361. The number of hydrogen-bond donors (Lipinski definition) is 2. The molecule has 1 aromatic heterocycles. The molecule has 1 heterocycles. The van der Waals surface area contributed by atoms with Crippen molar-refractivity contribution in [3.8, 4) is 0 Å². The summed E-state index contributed by atoms with van der Waals surface area (Å²) in [6.45, 7) is 4.12. The molecule has 3 N–H and O–H groups in total. The highest BCUT2D eigenvalue weighted by atomic mass is 15.3. The van der Waals surface area contributed by atoms with Crippen molar-refractivity contribution in [3.63, 3.8) is 0 Å². The first-order valence-electron chi connectivity index (χ1n) is 3.67. The molecule has 0 saturated heterocycles. The van der Waals surface area contributed by atoms with E-state index >= 15 is 0 Å². The molecule has 0 aliphatic heterocycles. The highest BCUT2D eigenvalue weighted by molar-refractivity contribution is 5.59. The fraction of sp³-hybridized carbons (Fsp3) is 0.571. The first-order valence-corrected chi connectivity index (χ1v) is 3.67. The fourth-order valence-corrected chi connectivity index (χ4v) is 0.865. The largest absolute Gasteiger partial charge is 0.394 e. The van der Waals surface area contributed by atoms with Crippen LogP contribution in [0.3, 0.4) is 0 Å². The van der Waals surface area contributed by atoms with Crippen LogP contribution in [0.2, 0.25) is 0 Å². The lowest BCUT2D eigenvalue weighted by Gasteiger charge is -2.02. The van der Waals surface area contributed by atoms with Crippen LogP contribution in [0.4, 0.5) is 11.5 Å². The molecule has 0 bridgehead atoms. The molecule has 0 unspecified atom stereocenters. The number of hydrogen-bond acceptors (Lipinski definition) is 3. The summed E-state index contributed by atoms with van der Waals surface area (Å²) in [5.74, 6) is 0.749. The zero-order chi connectivity index (χ0) is 8.43. The molecule has 0 radical (unpaired) electrons. The van der Waals surface area contributed by atoms with Crippen LogP contribution in [0.15, 0.2) is 6.20 Å². The van der Waals surface area contributed by atoms with Gasteiger partial charge in [0, 0.05) is 13.1 Å². The zero-order valence-corrected chi connectivity index (χ0v) is 7.13. The van der Waals surface area contributed by atoms with E-state index in [0.29, 0.717) is 11.7 Å². The van der Waals surface area contributed by atoms with Crippen LogP contribution in [0.25, 0.3) is 0 Å². The average molecular weight is 154 g/mol. The van der Waals surface area contributed by atoms with E-state index in [0.717, 1.165) is 5.82 Å². The standard InChI is InChI=1S/C7H14N4/c1-5(2)11-4-6(8)7(9-3)10-11/h4-5H,8H2,1-3H3,(H,9,10). The number of aromatic nitrogens is 2. The Hall–Kier alpha value is -1.19. The van der Waals surface area contributed by atoms with E-state index in [2.05, 4.69) is 24.3 Å². The Labute approximate surface area is 66.4 Å². The molecule has 1 aromatic rings. The van der Waals surface area contributed by atoms with E-state index in [1.807, 2.05) is 17.9 Å².